The van der Waals surface area contributed by atoms with E-state index in [1.807, 2.05) is 0 Å². The second-order valence-corrected chi connectivity index (χ2v) is 4.39. The molecule has 0 heterocycles. The number of nitrogens with zero attached hydrogens (tertiary/aromatic N) is 1. The Hall–Kier alpha value is -1.30. The van der Waals surface area contributed by atoms with E-state index in [1.165, 1.54) is 12.8 Å². The monoisotopic (exact) mass is 243 g/mol. The maximum absolute atomic E-state index is 11.3. The molecule has 1 aliphatic rings. The molecule has 0 aromatic carbocycles. The van der Waals surface area contributed by atoms with Gasteiger partial charge in [0.2, 0.25) is 0 Å². The van der Waals surface area contributed by atoms with Crippen molar-refractivity contribution in [3.05, 3.63) is 0 Å². The molecule has 0 saturated heterocycles. The van der Waals surface area contributed by atoms with Crippen LogP contribution in [0.25, 0.3) is 0 Å². The second kappa shape index (κ2) is 7.11. The first-order chi connectivity index (χ1) is 8.09. The largest absolute Gasteiger partial charge is 0.481 e. The quantitative estimate of drug-likeness (QED) is 0.534. The van der Waals surface area contributed by atoms with E-state index in [4.69, 9.17) is 5.11 Å². The Morgan fingerprint density at radius 3 is 2.53 bits per heavy atom. The van der Waals surface area contributed by atoms with Crippen molar-refractivity contribution in [3.8, 4) is 0 Å². The van der Waals surface area contributed by atoms with E-state index in [9.17, 15) is 9.59 Å². The summed E-state index contributed by atoms with van der Waals surface area (Å²) in [6, 6.07) is 0.481. The molecule has 17 heavy (non-hydrogen) atoms. The zero-order chi connectivity index (χ0) is 12.7. The van der Waals surface area contributed by atoms with Gasteiger partial charge in [-0.25, -0.2) is 4.79 Å². The normalized spacial score (nSPS) is 14.7. The van der Waals surface area contributed by atoms with Crippen molar-refractivity contribution in [2.24, 2.45) is 0 Å². The number of aliphatic carboxylic acids is 1. The summed E-state index contributed by atoms with van der Waals surface area (Å²) in [5, 5.41) is 13.8. The number of rotatable bonds is 8. The third-order valence-corrected chi connectivity index (χ3v) is 2.77. The van der Waals surface area contributed by atoms with Crippen molar-refractivity contribution >= 4 is 12.0 Å². The van der Waals surface area contributed by atoms with Crippen LogP contribution >= 0.6 is 0 Å². The third-order valence-electron chi connectivity index (χ3n) is 2.77. The number of hydrogen-bond donors (Lipinski definition) is 3. The van der Waals surface area contributed by atoms with Crippen molar-refractivity contribution < 1.29 is 14.7 Å². The van der Waals surface area contributed by atoms with Crippen molar-refractivity contribution in [2.45, 2.75) is 31.7 Å². The molecule has 98 valence electrons. The lowest BCUT2D eigenvalue weighted by Gasteiger charge is -2.15. The fourth-order valence-corrected chi connectivity index (χ4v) is 1.55. The predicted octanol–water partition coefficient (Wildman–Crippen LogP) is 0.245. The van der Waals surface area contributed by atoms with E-state index in [0.717, 1.165) is 6.54 Å². The van der Waals surface area contributed by atoms with Gasteiger partial charge in [0.15, 0.2) is 0 Å². The van der Waals surface area contributed by atoms with Gasteiger partial charge in [-0.05, 0) is 26.3 Å². The maximum atomic E-state index is 11.3. The molecule has 0 bridgehead atoms. The van der Waals surface area contributed by atoms with Crippen molar-refractivity contribution in [1.29, 1.82) is 0 Å². The number of carbonyl (C=O) groups is 2. The van der Waals surface area contributed by atoms with Gasteiger partial charge in [-0.15, -0.1) is 0 Å². The van der Waals surface area contributed by atoms with E-state index in [-0.39, 0.29) is 12.5 Å². The van der Waals surface area contributed by atoms with Crippen LogP contribution in [0.2, 0.25) is 0 Å². The zero-order valence-electron chi connectivity index (χ0n) is 10.2. The number of nitrogens with one attached hydrogen (secondary N) is 2. The highest BCUT2D eigenvalue weighted by atomic mass is 16.4. The molecular weight excluding hydrogens is 222 g/mol. The van der Waals surface area contributed by atoms with Crippen LogP contribution in [-0.2, 0) is 4.79 Å². The van der Waals surface area contributed by atoms with E-state index in [0.29, 0.717) is 25.6 Å². The highest BCUT2D eigenvalue weighted by Crippen LogP contribution is 2.24. The maximum Gasteiger partial charge on any atom is 0.314 e. The predicted molar refractivity (Wildman–Crippen MR) is 63.9 cm³/mol. The lowest BCUT2D eigenvalue weighted by atomic mass is 10.3. The highest BCUT2D eigenvalue weighted by Gasteiger charge is 2.25. The fourth-order valence-electron chi connectivity index (χ4n) is 1.55. The Labute approximate surface area is 101 Å². The number of amides is 2. The molecule has 1 rings (SSSR count). The van der Waals surface area contributed by atoms with Gasteiger partial charge in [0, 0.05) is 32.1 Å². The van der Waals surface area contributed by atoms with Crippen LogP contribution in [0.4, 0.5) is 4.79 Å². The highest BCUT2D eigenvalue weighted by molar-refractivity contribution is 5.73. The summed E-state index contributed by atoms with van der Waals surface area (Å²) < 4.78 is 0. The molecule has 0 radical (unpaired) electrons. The molecule has 2 amide bonds. The minimum atomic E-state index is -0.835. The smallest absolute Gasteiger partial charge is 0.314 e. The van der Waals surface area contributed by atoms with Crippen molar-refractivity contribution in [1.82, 2.24) is 15.5 Å². The van der Waals surface area contributed by atoms with Gasteiger partial charge in [0.25, 0.3) is 0 Å². The Bertz CT molecular complexity index is 267. The van der Waals surface area contributed by atoms with Gasteiger partial charge in [0.1, 0.15) is 0 Å². The van der Waals surface area contributed by atoms with Crippen LogP contribution in [0.15, 0.2) is 0 Å². The average molecular weight is 243 g/mol. The number of carbonyl (C=O) groups excluding carboxylic acids is 1. The molecule has 3 N–H and O–H groups in total. The molecule has 0 aliphatic heterocycles. The molecule has 0 aromatic heterocycles. The molecular formula is C11H21N3O3. The standard InChI is InChI=1S/C11H21N3O3/c1-14(9-4-5-9)8-7-13-11(17)12-6-2-3-10(15)16/h9H,2-8H2,1H3,(H,15,16)(H2,12,13,17). The molecule has 6 heteroatoms. The van der Waals surface area contributed by atoms with Crippen LogP contribution < -0.4 is 10.6 Å². The van der Waals surface area contributed by atoms with Crippen molar-refractivity contribution in [2.75, 3.05) is 26.7 Å². The van der Waals surface area contributed by atoms with Gasteiger partial charge in [-0.3, -0.25) is 4.79 Å². The molecule has 0 spiro atoms. The van der Waals surface area contributed by atoms with Gasteiger partial charge >= 0.3 is 12.0 Å². The van der Waals surface area contributed by atoms with Crippen LogP contribution in [0, 0.1) is 0 Å². The molecule has 0 atom stereocenters. The first-order valence-corrected chi connectivity index (χ1v) is 6.03. The van der Waals surface area contributed by atoms with Gasteiger partial charge in [-0.1, -0.05) is 0 Å². The number of carboxylic acid groups (broad SMARTS) is 1. The lowest BCUT2D eigenvalue weighted by Crippen LogP contribution is -2.40. The molecule has 6 nitrogen and oxygen atoms in total. The molecule has 0 aromatic rings. The summed E-state index contributed by atoms with van der Waals surface area (Å²) in [6.45, 7) is 1.88. The van der Waals surface area contributed by atoms with Crippen LogP contribution in [0.3, 0.4) is 0 Å². The molecule has 1 saturated carbocycles. The Morgan fingerprint density at radius 1 is 1.29 bits per heavy atom. The van der Waals surface area contributed by atoms with Gasteiger partial charge in [0.05, 0.1) is 0 Å². The number of carboxylic acids is 1. The summed E-state index contributed by atoms with van der Waals surface area (Å²) in [6.07, 6.45) is 3.07. The third kappa shape index (κ3) is 6.78. The van der Waals surface area contributed by atoms with Crippen LogP contribution in [0.5, 0.6) is 0 Å². The Kier molecular flexibility index (Phi) is 5.76. The van der Waals surface area contributed by atoms with E-state index in [2.05, 4.69) is 22.6 Å². The number of likely N-dealkylation sites (N-methyl/N-ethyl adjacent to an activating group) is 1. The molecule has 1 fully saturated rings. The average Bonchev–Trinajstić information content (AvgIpc) is 3.07. The fraction of sp³-hybridized carbons (Fsp3) is 0.818. The Balaban J connectivity index is 1.91. The first-order valence-electron chi connectivity index (χ1n) is 6.03. The zero-order valence-corrected chi connectivity index (χ0v) is 10.2. The summed E-state index contributed by atoms with van der Waals surface area (Å²) in [5.74, 6) is -0.835. The van der Waals surface area contributed by atoms with Gasteiger partial charge < -0.3 is 20.6 Å². The summed E-state index contributed by atoms with van der Waals surface area (Å²) in [4.78, 5) is 23.7. The number of urea groups is 1. The lowest BCUT2D eigenvalue weighted by molar-refractivity contribution is -0.137. The number of hydrogen-bond acceptors (Lipinski definition) is 3. The van der Waals surface area contributed by atoms with Crippen molar-refractivity contribution in [3.63, 3.8) is 0 Å². The van der Waals surface area contributed by atoms with Crippen LogP contribution in [-0.4, -0.2) is 54.7 Å². The SMILES string of the molecule is CN(CCNC(=O)NCCCC(=O)O)C1CC1. The Morgan fingerprint density at radius 2 is 1.94 bits per heavy atom. The topological polar surface area (TPSA) is 81.7 Å². The minimum absolute atomic E-state index is 0.0880. The van der Waals surface area contributed by atoms with E-state index < -0.39 is 5.97 Å². The first kappa shape index (κ1) is 13.8. The summed E-state index contributed by atoms with van der Waals surface area (Å²) >= 11 is 0. The summed E-state index contributed by atoms with van der Waals surface area (Å²) in [7, 11) is 2.06. The molecule has 0 unspecified atom stereocenters. The summed E-state index contributed by atoms with van der Waals surface area (Å²) in [5.41, 5.74) is 0. The molecule has 1 aliphatic carbocycles. The second-order valence-electron chi connectivity index (χ2n) is 4.39. The van der Waals surface area contributed by atoms with E-state index in [1.54, 1.807) is 0 Å². The minimum Gasteiger partial charge on any atom is -0.481 e. The van der Waals surface area contributed by atoms with Crippen LogP contribution in [0.1, 0.15) is 25.7 Å². The van der Waals surface area contributed by atoms with Gasteiger partial charge in [-0.2, -0.15) is 0 Å². The van der Waals surface area contributed by atoms with E-state index >= 15 is 0 Å².